The molecule has 152 valence electrons. The normalized spacial score (nSPS) is 17.7. The standard InChI is InChI=1S/C24H18F3NO2/c1-30-20-13-11-19(12-14-20)28-21(15-16-5-3-2-4-6-16)22(23(28)29)17-7-9-18(10-8-17)24(25,26)27/h2-15,22H,1H3/b21-15-. The third-order valence-electron chi connectivity index (χ3n) is 5.04. The minimum Gasteiger partial charge on any atom is -0.497 e. The van der Waals surface area contributed by atoms with Crippen LogP contribution in [0.1, 0.15) is 22.6 Å². The molecule has 0 bridgehead atoms. The zero-order valence-corrected chi connectivity index (χ0v) is 16.1. The van der Waals surface area contributed by atoms with Crippen LogP contribution in [0.2, 0.25) is 0 Å². The van der Waals surface area contributed by atoms with Crippen LogP contribution in [0.25, 0.3) is 6.08 Å². The largest absolute Gasteiger partial charge is 0.497 e. The van der Waals surface area contributed by atoms with E-state index in [9.17, 15) is 18.0 Å². The number of carbonyl (C=O) groups is 1. The van der Waals surface area contributed by atoms with Crippen LogP contribution >= 0.6 is 0 Å². The molecule has 30 heavy (non-hydrogen) atoms. The number of ether oxygens (including phenoxy) is 1. The number of nitrogens with zero attached hydrogens (tertiary/aromatic N) is 1. The topological polar surface area (TPSA) is 29.5 Å². The fourth-order valence-electron chi connectivity index (χ4n) is 3.50. The first-order valence-electron chi connectivity index (χ1n) is 9.30. The molecule has 0 aliphatic carbocycles. The van der Waals surface area contributed by atoms with Crippen LogP contribution in [-0.2, 0) is 11.0 Å². The Bertz CT molecular complexity index is 1070. The van der Waals surface area contributed by atoms with Gasteiger partial charge in [-0.1, -0.05) is 42.5 Å². The number of amides is 1. The third-order valence-corrected chi connectivity index (χ3v) is 5.04. The molecule has 3 nitrogen and oxygen atoms in total. The molecule has 1 aliphatic heterocycles. The number of hydrogen-bond acceptors (Lipinski definition) is 2. The zero-order chi connectivity index (χ0) is 21.3. The lowest BCUT2D eigenvalue weighted by Gasteiger charge is -2.42. The smallest absolute Gasteiger partial charge is 0.416 e. The number of anilines is 1. The maximum Gasteiger partial charge on any atom is 0.416 e. The molecule has 1 unspecified atom stereocenters. The Morgan fingerprint density at radius 2 is 1.53 bits per heavy atom. The SMILES string of the molecule is COc1ccc(N2C(=O)C(c3ccc(C(F)(F)F)cc3)/C2=C/c2ccccc2)cc1. The fraction of sp³-hybridized carbons (Fsp3) is 0.125. The van der Waals surface area contributed by atoms with Gasteiger partial charge >= 0.3 is 6.18 Å². The van der Waals surface area contributed by atoms with Gasteiger partial charge in [-0.05, 0) is 53.6 Å². The van der Waals surface area contributed by atoms with Crippen molar-refractivity contribution in [3.8, 4) is 5.75 Å². The van der Waals surface area contributed by atoms with E-state index in [1.54, 1.807) is 36.3 Å². The molecule has 3 aromatic carbocycles. The number of halogens is 3. The van der Waals surface area contributed by atoms with Crippen molar-refractivity contribution in [2.45, 2.75) is 12.1 Å². The van der Waals surface area contributed by atoms with E-state index in [2.05, 4.69) is 0 Å². The lowest BCUT2D eigenvalue weighted by Crippen LogP contribution is -2.48. The summed E-state index contributed by atoms with van der Waals surface area (Å²) in [5.74, 6) is -0.156. The molecule has 1 fully saturated rings. The number of hydrogen-bond donors (Lipinski definition) is 0. The average Bonchev–Trinajstić information content (AvgIpc) is 2.74. The molecule has 0 spiro atoms. The molecule has 6 heteroatoms. The molecule has 1 heterocycles. The van der Waals surface area contributed by atoms with Crippen LogP contribution < -0.4 is 9.64 Å². The quantitative estimate of drug-likeness (QED) is 0.503. The first-order valence-corrected chi connectivity index (χ1v) is 9.30. The Balaban J connectivity index is 1.72. The number of benzene rings is 3. The maximum atomic E-state index is 13.0. The summed E-state index contributed by atoms with van der Waals surface area (Å²) in [7, 11) is 1.56. The minimum atomic E-state index is -4.42. The Morgan fingerprint density at radius 3 is 2.10 bits per heavy atom. The van der Waals surface area contributed by atoms with Crippen LogP contribution in [0, 0.1) is 0 Å². The van der Waals surface area contributed by atoms with Crippen molar-refractivity contribution in [3.05, 3.63) is 101 Å². The predicted octanol–water partition coefficient (Wildman–Crippen LogP) is 5.89. The predicted molar refractivity (Wildman–Crippen MR) is 109 cm³/mol. The summed E-state index contributed by atoms with van der Waals surface area (Å²) in [6, 6.07) is 21.3. The number of alkyl halides is 3. The van der Waals surface area contributed by atoms with Crippen LogP contribution in [-0.4, -0.2) is 13.0 Å². The van der Waals surface area contributed by atoms with Gasteiger partial charge in [0.15, 0.2) is 0 Å². The summed E-state index contributed by atoms with van der Waals surface area (Å²) in [5, 5.41) is 0. The van der Waals surface area contributed by atoms with Gasteiger partial charge < -0.3 is 4.74 Å². The lowest BCUT2D eigenvalue weighted by molar-refractivity contribution is -0.137. The molecule has 0 saturated carbocycles. The van der Waals surface area contributed by atoms with Crippen molar-refractivity contribution in [1.82, 2.24) is 0 Å². The second-order valence-corrected chi connectivity index (χ2v) is 6.90. The van der Waals surface area contributed by atoms with Crippen molar-refractivity contribution in [3.63, 3.8) is 0 Å². The highest BCUT2D eigenvalue weighted by Gasteiger charge is 2.44. The van der Waals surface area contributed by atoms with E-state index in [0.29, 0.717) is 22.7 Å². The minimum absolute atomic E-state index is 0.192. The number of methoxy groups -OCH3 is 1. The van der Waals surface area contributed by atoms with Gasteiger partial charge in [0, 0.05) is 11.4 Å². The fourth-order valence-corrected chi connectivity index (χ4v) is 3.50. The van der Waals surface area contributed by atoms with Crippen LogP contribution in [0.4, 0.5) is 18.9 Å². The molecule has 0 N–H and O–H groups in total. The third kappa shape index (κ3) is 3.68. The Kier molecular flexibility index (Phi) is 5.08. The van der Waals surface area contributed by atoms with Gasteiger partial charge in [0.25, 0.3) is 0 Å². The summed E-state index contributed by atoms with van der Waals surface area (Å²) < 4.78 is 43.9. The van der Waals surface area contributed by atoms with Gasteiger partial charge in [0.05, 0.1) is 12.7 Å². The van der Waals surface area contributed by atoms with E-state index in [1.165, 1.54) is 12.1 Å². The Morgan fingerprint density at radius 1 is 0.900 bits per heavy atom. The monoisotopic (exact) mass is 409 g/mol. The van der Waals surface area contributed by atoms with Crippen molar-refractivity contribution in [2.75, 3.05) is 12.0 Å². The molecule has 0 radical (unpaired) electrons. The van der Waals surface area contributed by atoms with Crippen LogP contribution in [0.15, 0.2) is 84.6 Å². The highest BCUT2D eigenvalue weighted by Crippen LogP contribution is 2.44. The summed E-state index contributed by atoms with van der Waals surface area (Å²) in [4.78, 5) is 14.6. The van der Waals surface area contributed by atoms with Crippen molar-refractivity contribution >= 4 is 17.7 Å². The van der Waals surface area contributed by atoms with E-state index in [0.717, 1.165) is 17.7 Å². The van der Waals surface area contributed by atoms with Gasteiger partial charge in [-0.3, -0.25) is 9.69 Å². The van der Waals surface area contributed by atoms with Crippen LogP contribution in [0.3, 0.4) is 0 Å². The highest BCUT2D eigenvalue weighted by molar-refractivity contribution is 6.13. The summed E-state index contributed by atoms with van der Waals surface area (Å²) in [6.45, 7) is 0. The average molecular weight is 409 g/mol. The van der Waals surface area contributed by atoms with Gasteiger partial charge in [-0.25, -0.2) is 0 Å². The van der Waals surface area contributed by atoms with Gasteiger partial charge in [-0.15, -0.1) is 0 Å². The molecule has 0 aromatic heterocycles. The second kappa shape index (κ2) is 7.71. The molecule has 4 rings (SSSR count). The number of β-lactam (4-membered cyclic amide) rings is 1. The number of rotatable bonds is 4. The van der Waals surface area contributed by atoms with Gasteiger partial charge in [-0.2, -0.15) is 13.2 Å². The van der Waals surface area contributed by atoms with Crippen molar-refractivity contribution in [2.24, 2.45) is 0 Å². The van der Waals surface area contributed by atoms with E-state index in [1.807, 2.05) is 36.4 Å². The molecule has 1 atom stereocenters. The molecule has 1 saturated heterocycles. The van der Waals surface area contributed by atoms with Crippen molar-refractivity contribution in [1.29, 1.82) is 0 Å². The van der Waals surface area contributed by atoms with E-state index < -0.39 is 17.7 Å². The lowest BCUT2D eigenvalue weighted by atomic mass is 9.84. The molecular formula is C24H18F3NO2. The second-order valence-electron chi connectivity index (χ2n) is 6.90. The van der Waals surface area contributed by atoms with Gasteiger partial charge in [0.1, 0.15) is 11.7 Å². The molecule has 1 aliphatic rings. The van der Waals surface area contributed by atoms with Crippen LogP contribution in [0.5, 0.6) is 5.75 Å². The zero-order valence-electron chi connectivity index (χ0n) is 16.1. The number of carbonyl (C=O) groups excluding carboxylic acids is 1. The first-order chi connectivity index (χ1) is 14.4. The van der Waals surface area contributed by atoms with E-state index in [4.69, 9.17) is 4.74 Å². The van der Waals surface area contributed by atoms with E-state index >= 15 is 0 Å². The maximum absolute atomic E-state index is 13.0. The highest BCUT2D eigenvalue weighted by atomic mass is 19.4. The molecule has 3 aromatic rings. The molecular weight excluding hydrogens is 391 g/mol. The Hall–Kier alpha value is -3.54. The van der Waals surface area contributed by atoms with Crippen molar-refractivity contribution < 1.29 is 22.7 Å². The van der Waals surface area contributed by atoms with Gasteiger partial charge in [0.2, 0.25) is 5.91 Å². The molecule has 1 amide bonds. The Labute approximate surface area is 172 Å². The summed E-state index contributed by atoms with van der Waals surface area (Å²) in [5.41, 5.74) is 2.07. The summed E-state index contributed by atoms with van der Waals surface area (Å²) >= 11 is 0. The summed E-state index contributed by atoms with van der Waals surface area (Å²) in [6.07, 6.45) is -2.53. The first kappa shape index (κ1) is 19.8. The van der Waals surface area contributed by atoms with E-state index in [-0.39, 0.29) is 5.91 Å².